The van der Waals surface area contributed by atoms with Crippen LogP contribution < -0.4 is 14.2 Å². The van der Waals surface area contributed by atoms with Gasteiger partial charge >= 0.3 is 5.97 Å². The van der Waals surface area contributed by atoms with E-state index < -0.39 is 5.97 Å². The highest BCUT2D eigenvalue weighted by Gasteiger charge is 2.17. The van der Waals surface area contributed by atoms with Crippen molar-refractivity contribution in [3.05, 3.63) is 82.6 Å². The Bertz CT molecular complexity index is 1430. The molecule has 0 spiro atoms. The summed E-state index contributed by atoms with van der Waals surface area (Å²) >= 11 is 5.98. The van der Waals surface area contributed by atoms with Gasteiger partial charge in [0, 0.05) is 37.0 Å². The molecule has 5 rings (SSSR count). The second-order valence-corrected chi connectivity index (χ2v) is 10.4. The van der Waals surface area contributed by atoms with Gasteiger partial charge < -0.3 is 23.9 Å². The molecule has 4 aromatic rings. The summed E-state index contributed by atoms with van der Waals surface area (Å²) in [4.78, 5) is 15.9. The van der Waals surface area contributed by atoms with E-state index in [0.717, 1.165) is 46.6 Å². The summed E-state index contributed by atoms with van der Waals surface area (Å²) in [5.74, 6) is 2.25. The number of carbonyl (C=O) groups is 1. The Hall–Kier alpha value is -3.71. The first-order chi connectivity index (χ1) is 18.9. The van der Waals surface area contributed by atoms with Crippen LogP contribution in [0.2, 0.25) is 5.02 Å². The zero-order valence-electron chi connectivity index (χ0n) is 22.1. The smallest absolute Gasteiger partial charge is 0.303 e. The van der Waals surface area contributed by atoms with Crippen LogP contribution in [0.15, 0.2) is 60.7 Å². The lowest BCUT2D eigenvalue weighted by Gasteiger charge is -2.14. The molecule has 39 heavy (non-hydrogen) atoms. The molecule has 0 radical (unpaired) electrons. The van der Waals surface area contributed by atoms with Gasteiger partial charge in [0.15, 0.2) is 0 Å². The Balaban J connectivity index is 1.23. The van der Waals surface area contributed by atoms with E-state index in [9.17, 15) is 4.79 Å². The average Bonchev–Trinajstić information content (AvgIpc) is 3.55. The van der Waals surface area contributed by atoms with Crippen LogP contribution >= 0.6 is 11.6 Å². The first-order valence-corrected chi connectivity index (χ1v) is 13.8. The van der Waals surface area contributed by atoms with E-state index in [-0.39, 0.29) is 6.42 Å². The van der Waals surface area contributed by atoms with Crippen molar-refractivity contribution in [2.75, 3.05) is 6.61 Å². The van der Waals surface area contributed by atoms with Gasteiger partial charge in [-0.1, -0.05) is 29.8 Å². The molecule has 204 valence electrons. The number of fused-ring (bicyclic) bond motifs is 1. The largest absolute Gasteiger partial charge is 0.493 e. The van der Waals surface area contributed by atoms with E-state index >= 15 is 0 Å². The summed E-state index contributed by atoms with van der Waals surface area (Å²) < 4.78 is 20.4. The molecule has 1 fully saturated rings. The topological polar surface area (TPSA) is 82.8 Å². The van der Waals surface area contributed by atoms with Gasteiger partial charge in [-0.15, -0.1) is 0 Å². The fourth-order valence-electron chi connectivity index (χ4n) is 4.92. The van der Waals surface area contributed by atoms with Crippen molar-refractivity contribution < 1.29 is 24.1 Å². The normalized spacial score (nSPS) is 13.6. The summed E-state index contributed by atoms with van der Waals surface area (Å²) in [6, 6.07) is 19.1. The minimum Gasteiger partial charge on any atom is -0.493 e. The number of imidazole rings is 1. The third-order valence-corrected chi connectivity index (χ3v) is 7.35. The maximum atomic E-state index is 11.1. The minimum atomic E-state index is -0.848. The van der Waals surface area contributed by atoms with Gasteiger partial charge in [-0.3, -0.25) is 4.79 Å². The van der Waals surface area contributed by atoms with Crippen molar-refractivity contribution in [2.24, 2.45) is 7.05 Å². The number of benzene rings is 3. The zero-order chi connectivity index (χ0) is 27.2. The zero-order valence-corrected chi connectivity index (χ0v) is 22.8. The molecule has 1 aliphatic rings. The van der Waals surface area contributed by atoms with Gasteiger partial charge in [-0.25, -0.2) is 4.98 Å². The number of aromatic nitrogens is 2. The summed E-state index contributed by atoms with van der Waals surface area (Å²) in [5, 5.41) is 9.80. The summed E-state index contributed by atoms with van der Waals surface area (Å²) in [6.45, 7) is 0.778. The maximum absolute atomic E-state index is 11.1. The monoisotopic (exact) mass is 548 g/mol. The first kappa shape index (κ1) is 26.9. The quantitative estimate of drug-likeness (QED) is 0.210. The van der Waals surface area contributed by atoms with Crippen LogP contribution in [0.25, 0.3) is 11.0 Å². The van der Waals surface area contributed by atoms with Gasteiger partial charge in [0.2, 0.25) is 0 Å². The molecule has 0 saturated heterocycles. The van der Waals surface area contributed by atoms with E-state index in [2.05, 4.69) is 10.6 Å². The molecule has 1 N–H and O–H groups in total. The van der Waals surface area contributed by atoms with Crippen LogP contribution in [-0.2, 0) is 31.3 Å². The van der Waals surface area contributed by atoms with Crippen molar-refractivity contribution in [3.63, 3.8) is 0 Å². The molecule has 0 bridgehead atoms. The molecule has 0 unspecified atom stereocenters. The number of aryl methyl sites for hydroxylation is 2. The number of rotatable bonds is 12. The minimum absolute atomic E-state index is 0.0254. The van der Waals surface area contributed by atoms with Crippen LogP contribution in [0, 0.1) is 0 Å². The van der Waals surface area contributed by atoms with E-state index in [4.69, 9.17) is 35.9 Å². The Labute approximate surface area is 233 Å². The van der Waals surface area contributed by atoms with E-state index in [0.29, 0.717) is 48.7 Å². The second-order valence-electron chi connectivity index (χ2n) is 9.94. The highest BCUT2D eigenvalue weighted by atomic mass is 35.5. The number of carboxylic acid groups (broad SMARTS) is 1. The lowest BCUT2D eigenvalue weighted by Crippen LogP contribution is -2.10. The van der Waals surface area contributed by atoms with Crippen LogP contribution in [0.4, 0.5) is 0 Å². The predicted octanol–water partition coefficient (Wildman–Crippen LogP) is 6.77. The number of carboxylic acids is 1. The van der Waals surface area contributed by atoms with E-state index in [1.54, 1.807) is 0 Å². The van der Waals surface area contributed by atoms with Gasteiger partial charge in [-0.2, -0.15) is 0 Å². The lowest BCUT2D eigenvalue weighted by molar-refractivity contribution is -0.136. The molecule has 0 atom stereocenters. The molecule has 1 aliphatic carbocycles. The summed E-state index contributed by atoms with van der Waals surface area (Å²) in [6.07, 6.45) is 6.08. The van der Waals surface area contributed by atoms with Crippen molar-refractivity contribution in [3.8, 4) is 17.2 Å². The predicted molar refractivity (Wildman–Crippen MR) is 151 cm³/mol. The Morgan fingerprint density at radius 1 is 1.00 bits per heavy atom. The Kier molecular flexibility index (Phi) is 8.57. The van der Waals surface area contributed by atoms with E-state index in [1.807, 2.05) is 61.6 Å². The molecule has 1 saturated carbocycles. The van der Waals surface area contributed by atoms with Crippen LogP contribution in [0.5, 0.6) is 17.2 Å². The van der Waals surface area contributed by atoms with E-state index in [1.165, 1.54) is 12.8 Å². The highest BCUT2D eigenvalue weighted by molar-refractivity contribution is 6.30. The summed E-state index contributed by atoms with van der Waals surface area (Å²) in [7, 11) is 2.02. The van der Waals surface area contributed by atoms with Gasteiger partial charge in [-0.05, 0) is 73.6 Å². The van der Waals surface area contributed by atoms with Crippen molar-refractivity contribution in [1.82, 2.24) is 9.55 Å². The average molecular weight is 549 g/mol. The SMILES string of the molecule is Cn1c(CCOc2ccc(CCC(=O)O)c(OCc3ccc(Cl)cc3)c2)nc2ccc(OC3CCCC3)cc21. The molecule has 3 aromatic carbocycles. The molecule has 0 aliphatic heterocycles. The number of aliphatic carboxylic acids is 1. The van der Waals surface area contributed by atoms with Crippen molar-refractivity contribution in [2.45, 2.75) is 57.7 Å². The number of hydrogen-bond donors (Lipinski definition) is 1. The van der Waals surface area contributed by atoms with Crippen molar-refractivity contribution in [1.29, 1.82) is 0 Å². The molecular weight excluding hydrogens is 516 g/mol. The van der Waals surface area contributed by atoms with Crippen LogP contribution in [0.3, 0.4) is 0 Å². The maximum Gasteiger partial charge on any atom is 0.303 e. The number of nitrogens with zero attached hydrogens (tertiary/aromatic N) is 2. The summed E-state index contributed by atoms with van der Waals surface area (Å²) in [5.41, 5.74) is 3.77. The molecule has 8 heteroatoms. The number of hydrogen-bond acceptors (Lipinski definition) is 5. The molecule has 1 aromatic heterocycles. The number of ether oxygens (including phenoxy) is 3. The Morgan fingerprint density at radius 2 is 1.77 bits per heavy atom. The molecular formula is C31H33ClN2O5. The van der Waals surface area contributed by atoms with Crippen LogP contribution in [-0.4, -0.2) is 33.3 Å². The molecule has 1 heterocycles. The molecule has 7 nitrogen and oxygen atoms in total. The second kappa shape index (κ2) is 12.4. The fourth-order valence-corrected chi connectivity index (χ4v) is 5.05. The van der Waals surface area contributed by atoms with Crippen molar-refractivity contribution >= 4 is 28.6 Å². The fraction of sp³-hybridized carbons (Fsp3) is 0.355. The third kappa shape index (κ3) is 7.03. The number of halogens is 1. The van der Waals surface area contributed by atoms with Gasteiger partial charge in [0.1, 0.15) is 29.7 Å². The van der Waals surface area contributed by atoms with Gasteiger partial charge in [0.25, 0.3) is 0 Å². The highest BCUT2D eigenvalue weighted by Crippen LogP contribution is 2.29. The standard InChI is InChI=1S/C31H33ClN2O5/c1-34-28-18-26(39-24-4-2-3-5-24)13-14-27(28)33-30(34)16-17-37-25-12-8-22(9-15-31(35)36)29(19-25)38-20-21-6-10-23(32)11-7-21/h6-8,10-14,18-19,24H,2-5,9,15-17,20H2,1H3,(H,35,36). The Morgan fingerprint density at radius 3 is 2.54 bits per heavy atom. The lowest BCUT2D eigenvalue weighted by atomic mass is 10.1. The third-order valence-electron chi connectivity index (χ3n) is 7.10. The first-order valence-electron chi connectivity index (χ1n) is 13.4. The van der Waals surface area contributed by atoms with Crippen LogP contribution in [0.1, 0.15) is 49.1 Å². The van der Waals surface area contributed by atoms with Gasteiger partial charge in [0.05, 0.1) is 23.7 Å². The molecule has 0 amide bonds.